The monoisotopic (exact) mass is 255 g/mol. The van der Waals surface area contributed by atoms with Gasteiger partial charge in [0.15, 0.2) is 0 Å². The van der Waals surface area contributed by atoms with Crippen LogP contribution in [0.15, 0.2) is 23.1 Å². The van der Waals surface area contributed by atoms with Gasteiger partial charge < -0.3 is 10.0 Å². The second-order valence-corrected chi connectivity index (χ2v) is 4.94. The number of carbonyl (C=O) groups excluding carboxylic acids is 1. The maximum atomic E-state index is 12.4. The highest BCUT2D eigenvalue weighted by molar-refractivity contribution is 8.00. The Morgan fingerprint density at radius 2 is 2.35 bits per heavy atom. The Hall–Kier alpha value is -1.07. The lowest BCUT2D eigenvalue weighted by Crippen LogP contribution is -2.36. The third-order valence-electron chi connectivity index (χ3n) is 2.72. The molecule has 5 heteroatoms. The number of amides is 1. The number of thioether (sulfide) groups is 1. The van der Waals surface area contributed by atoms with Crippen molar-refractivity contribution in [2.24, 2.45) is 0 Å². The van der Waals surface area contributed by atoms with Gasteiger partial charge in [-0.15, -0.1) is 11.8 Å². The Balaban J connectivity index is 2.37. The highest BCUT2D eigenvalue weighted by Crippen LogP contribution is 2.36. The number of benzene rings is 1. The summed E-state index contributed by atoms with van der Waals surface area (Å²) in [6.45, 7) is 1.24. The molecule has 17 heavy (non-hydrogen) atoms. The molecule has 0 bridgehead atoms. The predicted molar refractivity (Wildman–Crippen MR) is 66.1 cm³/mol. The number of aliphatic hydroxyl groups is 1. The molecule has 0 spiro atoms. The standard InChI is InChI=1S/C12H14FNO2S/c1-8(15)9-2-3-10-11(6-9)17-7-12(16)14(10)5-4-13/h2-3,6,8,15H,4-5,7H2,1H3. The fraction of sp³-hybridized carbons (Fsp3) is 0.417. The van der Waals surface area contributed by atoms with E-state index in [9.17, 15) is 14.3 Å². The Morgan fingerprint density at radius 1 is 1.59 bits per heavy atom. The van der Waals surface area contributed by atoms with E-state index in [1.54, 1.807) is 19.1 Å². The molecule has 0 saturated heterocycles. The van der Waals surface area contributed by atoms with Gasteiger partial charge in [-0.2, -0.15) is 0 Å². The third-order valence-corrected chi connectivity index (χ3v) is 3.75. The van der Waals surface area contributed by atoms with Crippen LogP contribution in [-0.2, 0) is 4.79 Å². The van der Waals surface area contributed by atoms with Crippen LogP contribution in [0.2, 0.25) is 0 Å². The molecule has 1 aliphatic heterocycles. The molecule has 1 aromatic rings. The number of hydrogen-bond acceptors (Lipinski definition) is 3. The first-order chi connectivity index (χ1) is 8.13. The van der Waals surface area contributed by atoms with Crippen LogP contribution in [0.4, 0.5) is 10.1 Å². The Labute approximate surface area is 104 Å². The maximum Gasteiger partial charge on any atom is 0.237 e. The zero-order valence-corrected chi connectivity index (χ0v) is 10.3. The zero-order chi connectivity index (χ0) is 12.4. The van der Waals surface area contributed by atoms with Crippen LogP contribution in [0.3, 0.4) is 0 Å². The minimum absolute atomic E-state index is 0.0649. The molecule has 0 aliphatic carbocycles. The molecular formula is C12H14FNO2S. The van der Waals surface area contributed by atoms with E-state index in [4.69, 9.17) is 0 Å². The fourth-order valence-electron chi connectivity index (χ4n) is 1.81. The van der Waals surface area contributed by atoms with Crippen LogP contribution in [0.1, 0.15) is 18.6 Å². The van der Waals surface area contributed by atoms with Crippen molar-refractivity contribution in [2.45, 2.75) is 17.9 Å². The van der Waals surface area contributed by atoms with Crippen LogP contribution in [0.25, 0.3) is 0 Å². The number of halogens is 1. The van der Waals surface area contributed by atoms with E-state index in [-0.39, 0.29) is 12.5 Å². The number of rotatable bonds is 3. The van der Waals surface area contributed by atoms with E-state index < -0.39 is 12.8 Å². The van der Waals surface area contributed by atoms with Crippen molar-refractivity contribution in [2.75, 3.05) is 23.9 Å². The zero-order valence-electron chi connectivity index (χ0n) is 9.52. The largest absolute Gasteiger partial charge is 0.389 e. The summed E-state index contributed by atoms with van der Waals surface area (Å²) in [5, 5.41) is 9.50. The van der Waals surface area contributed by atoms with Crippen molar-refractivity contribution in [3.05, 3.63) is 23.8 Å². The second-order valence-electron chi connectivity index (χ2n) is 3.93. The van der Waals surface area contributed by atoms with Gasteiger partial charge >= 0.3 is 0 Å². The molecule has 0 aromatic heterocycles. The first kappa shape index (κ1) is 12.4. The minimum Gasteiger partial charge on any atom is -0.389 e. The van der Waals surface area contributed by atoms with E-state index >= 15 is 0 Å². The van der Waals surface area contributed by atoms with Gasteiger partial charge in [0.25, 0.3) is 0 Å². The summed E-state index contributed by atoms with van der Waals surface area (Å²) in [7, 11) is 0. The lowest BCUT2D eigenvalue weighted by molar-refractivity contribution is -0.116. The summed E-state index contributed by atoms with van der Waals surface area (Å²) >= 11 is 1.43. The van der Waals surface area contributed by atoms with Gasteiger partial charge in [0.1, 0.15) is 6.67 Å². The molecule has 1 heterocycles. The van der Waals surface area contributed by atoms with Crippen LogP contribution in [0.5, 0.6) is 0 Å². The van der Waals surface area contributed by atoms with Crippen molar-refractivity contribution in [1.82, 2.24) is 0 Å². The van der Waals surface area contributed by atoms with E-state index in [0.717, 1.165) is 16.1 Å². The van der Waals surface area contributed by atoms with E-state index in [0.29, 0.717) is 5.75 Å². The van der Waals surface area contributed by atoms with Gasteiger partial charge in [-0.3, -0.25) is 4.79 Å². The summed E-state index contributed by atoms with van der Waals surface area (Å²) in [5.74, 6) is 0.265. The Morgan fingerprint density at radius 3 is 3.00 bits per heavy atom. The molecule has 1 unspecified atom stereocenters. The van der Waals surface area contributed by atoms with Crippen molar-refractivity contribution >= 4 is 23.4 Å². The first-order valence-corrected chi connectivity index (χ1v) is 6.43. The average Bonchev–Trinajstić information content (AvgIpc) is 2.32. The average molecular weight is 255 g/mol. The lowest BCUT2D eigenvalue weighted by atomic mass is 10.1. The van der Waals surface area contributed by atoms with Crippen LogP contribution < -0.4 is 4.90 Å². The van der Waals surface area contributed by atoms with Crippen molar-refractivity contribution in [1.29, 1.82) is 0 Å². The molecule has 2 rings (SSSR count). The van der Waals surface area contributed by atoms with Crippen LogP contribution in [-0.4, -0.2) is 30.0 Å². The predicted octanol–water partition coefficient (Wildman–Crippen LogP) is 2.15. The van der Waals surface area contributed by atoms with Gasteiger partial charge in [0.2, 0.25) is 5.91 Å². The number of alkyl halides is 1. The molecule has 1 N–H and O–H groups in total. The summed E-state index contributed by atoms with van der Waals surface area (Å²) in [6, 6.07) is 5.41. The molecule has 3 nitrogen and oxygen atoms in total. The Bertz CT molecular complexity index is 437. The molecule has 1 aromatic carbocycles. The highest BCUT2D eigenvalue weighted by atomic mass is 32.2. The number of fused-ring (bicyclic) bond motifs is 1. The Kier molecular flexibility index (Phi) is 3.69. The summed E-state index contributed by atoms with van der Waals surface area (Å²) in [5.41, 5.74) is 1.55. The molecule has 92 valence electrons. The minimum atomic E-state index is -0.548. The summed E-state index contributed by atoms with van der Waals surface area (Å²) in [6.07, 6.45) is -0.534. The van der Waals surface area contributed by atoms with Gasteiger partial charge in [0.05, 0.1) is 24.1 Å². The normalized spacial score (nSPS) is 16.9. The molecule has 0 radical (unpaired) electrons. The van der Waals surface area contributed by atoms with E-state index in [2.05, 4.69) is 0 Å². The third kappa shape index (κ3) is 2.45. The van der Waals surface area contributed by atoms with E-state index in [1.807, 2.05) is 6.07 Å². The summed E-state index contributed by atoms with van der Waals surface area (Å²) < 4.78 is 12.4. The van der Waals surface area contributed by atoms with E-state index in [1.165, 1.54) is 16.7 Å². The lowest BCUT2D eigenvalue weighted by Gasteiger charge is -2.28. The number of carbonyl (C=O) groups is 1. The number of nitrogens with zero attached hydrogens (tertiary/aromatic N) is 1. The molecule has 0 fully saturated rings. The van der Waals surface area contributed by atoms with Gasteiger partial charge in [-0.25, -0.2) is 4.39 Å². The SMILES string of the molecule is CC(O)c1ccc2c(c1)SCC(=O)N2CCF. The second kappa shape index (κ2) is 5.06. The smallest absolute Gasteiger partial charge is 0.237 e. The topological polar surface area (TPSA) is 40.5 Å². The number of aliphatic hydroxyl groups excluding tert-OH is 1. The maximum absolute atomic E-state index is 12.4. The molecule has 1 amide bonds. The number of anilines is 1. The molecule has 0 saturated carbocycles. The van der Waals surface area contributed by atoms with Crippen LogP contribution in [0, 0.1) is 0 Å². The molecule has 1 atom stereocenters. The van der Waals surface area contributed by atoms with Gasteiger partial charge in [-0.1, -0.05) is 6.07 Å². The first-order valence-electron chi connectivity index (χ1n) is 5.44. The van der Waals surface area contributed by atoms with Crippen molar-refractivity contribution in [3.63, 3.8) is 0 Å². The summed E-state index contributed by atoms with van der Waals surface area (Å²) in [4.78, 5) is 14.1. The van der Waals surface area contributed by atoms with Gasteiger partial charge in [0, 0.05) is 4.90 Å². The fourth-order valence-corrected chi connectivity index (χ4v) is 2.79. The highest BCUT2D eigenvalue weighted by Gasteiger charge is 2.24. The van der Waals surface area contributed by atoms with Crippen LogP contribution >= 0.6 is 11.8 Å². The van der Waals surface area contributed by atoms with Crippen molar-refractivity contribution < 1.29 is 14.3 Å². The quantitative estimate of drug-likeness (QED) is 0.899. The number of hydrogen-bond donors (Lipinski definition) is 1. The molecule has 1 aliphatic rings. The van der Waals surface area contributed by atoms with Gasteiger partial charge in [-0.05, 0) is 24.6 Å². The van der Waals surface area contributed by atoms with Crippen molar-refractivity contribution in [3.8, 4) is 0 Å². The molecular weight excluding hydrogens is 241 g/mol.